The van der Waals surface area contributed by atoms with Crippen molar-refractivity contribution in [2.75, 3.05) is 32.0 Å². The first-order valence-corrected chi connectivity index (χ1v) is 9.43. The third-order valence-electron chi connectivity index (χ3n) is 3.68. The van der Waals surface area contributed by atoms with Crippen LogP contribution in [-0.4, -0.2) is 68.4 Å². The van der Waals surface area contributed by atoms with E-state index in [1.807, 2.05) is 13.8 Å². The summed E-state index contributed by atoms with van der Waals surface area (Å²) < 4.78 is 31.0. The Bertz CT molecular complexity index is 497. The smallest absolute Gasteiger partial charge is 0.303 e. The molecule has 23 heavy (non-hydrogen) atoms. The molecule has 0 saturated carbocycles. The monoisotopic (exact) mass is 350 g/mol. The molecule has 9 heteroatoms. The molecule has 134 valence electrons. The Morgan fingerprint density at radius 3 is 2.43 bits per heavy atom. The number of amides is 1. The Labute approximate surface area is 137 Å². The molecular formula is C14H26N2O6S. The molecule has 1 aliphatic heterocycles. The van der Waals surface area contributed by atoms with Gasteiger partial charge in [0.05, 0.1) is 25.0 Å². The number of sulfonamides is 1. The molecule has 0 bridgehead atoms. The van der Waals surface area contributed by atoms with E-state index in [-0.39, 0.29) is 43.3 Å². The Morgan fingerprint density at radius 1 is 1.30 bits per heavy atom. The molecule has 1 amide bonds. The molecule has 2 N–H and O–H groups in total. The van der Waals surface area contributed by atoms with Crippen LogP contribution in [0.3, 0.4) is 0 Å². The molecule has 0 aliphatic carbocycles. The minimum absolute atomic E-state index is 0.0427. The third-order valence-corrected chi connectivity index (χ3v) is 4.97. The summed E-state index contributed by atoms with van der Waals surface area (Å²) in [5, 5.41) is 8.75. The van der Waals surface area contributed by atoms with Gasteiger partial charge in [-0.3, -0.25) is 9.59 Å². The zero-order chi connectivity index (χ0) is 17.5. The van der Waals surface area contributed by atoms with Crippen molar-refractivity contribution in [3.8, 4) is 0 Å². The fourth-order valence-corrected chi connectivity index (χ4v) is 3.19. The van der Waals surface area contributed by atoms with Crippen molar-refractivity contribution >= 4 is 21.9 Å². The number of carbonyl (C=O) groups is 2. The van der Waals surface area contributed by atoms with Crippen molar-refractivity contribution in [2.45, 2.75) is 39.2 Å². The van der Waals surface area contributed by atoms with Crippen molar-refractivity contribution < 1.29 is 27.9 Å². The van der Waals surface area contributed by atoms with Crippen LogP contribution >= 0.6 is 0 Å². The van der Waals surface area contributed by atoms with E-state index in [0.717, 1.165) is 0 Å². The molecule has 1 rings (SSSR count). The molecule has 0 aromatic heterocycles. The fraction of sp³-hybridized carbons (Fsp3) is 0.857. The van der Waals surface area contributed by atoms with Gasteiger partial charge in [-0.1, -0.05) is 0 Å². The second kappa shape index (κ2) is 9.19. The van der Waals surface area contributed by atoms with E-state index >= 15 is 0 Å². The number of nitrogens with one attached hydrogen (secondary N) is 1. The maximum Gasteiger partial charge on any atom is 0.303 e. The van der Waals surface area contributed by atoms with Gasteiger partial charge in [0.2, 0.25) is 15.9 Å². The molecule has 0 radical (unpaired) electrons. The van der Waals surface area contributed by atoms with Gasteiger partial charge in [0, 0.05) is 19.5 Å². The number of likely N-dealkylation sites (tertiary alicyclic amines) is 1. The molecule has 0 spiro atoms. The highest BCUT2D eigenvalue weighted by atomic mass is 32.2. The zero-order valence-corrected chi connectivity index (χ0v) is 14.5. The fourth-order valence-electron chi connectivity index (χ4n) is 2.38. The lowest BCUT2D eigenvalue weighted by atomic mass is 9.93. The molecule has 8 nitrogen and oxygen atoms in total. The van der Waals surface area contributed by atoms with E-state index in [1.54, 1.807) is 4.90 Å². The first kappa shape index (κ1) is 19.9. The number of carboxylic acid groups (broad SMARTS) is 1. The first-order chi connectivity index (χ1) is 10.7. The Hall–Kier alpha value is -1.19. The van der Waals surface area contributed by atoms with Crippen LogP contribution in [0, 0.1) is 5.92 Å². The Balaban J connectivity index is 2.30. The van der Waals surface area contributed by atoms with Gasteiger partial charge in [-0.25, -0.2) is 13.1 Å². The summed E-state index contributed by atoms with van der Waals surface area (Å²) in [6.07, 6.45) is 1.34. The lowest BCUT2D eigenvalue weighted by Crippen LogP contribution is -2.44. The number of aliphatic carboxylic acids is 1. The number of nitrogens with zero attached hydrogens (tertiary/aromatic N) is 1. The minimum Gasteiger partial charge on any atom is -0.481 e. The molecule has 1 saturated heterocycles. The number of carboxylic acids is 1. The topological polar surface area (TPSA) is 113 Å². The van der Waals surface area contributed by atoms with Crippen LogP contribution in [0.1, 0.15) is 33.1 Å². The van der Waals surface area contributed by atoms with Gasteiger partial charge < -0.3 is 14.7 Å². The maximum atomic E-state index is 12.0. The van der Waals surface area contributed by atoms with Gasteiger partial charge in [-0.05, 0) is 32.6 Å². The molecule has 1 heterocycles. The molecule has 0 atom stereocenters. The molecule has 0 aromatic rings. The van der Waals surface area contributed by atoms with E-state index < -0.39 is 16.0 Å². The highest BCUT2D eigenvalue weighted by Crippen LogP contribution is 2.20. The van der Waals surface area contributed by atoms with E-state index in [0.29, 0.717) is 25.9 Å². The summed E-state index contributed by atoms with van der Waals surface area (Å²) in [4.78, 5) is 24.2. The minimum atomic E-state index is -3.54. The standard InChI is InChI=1S/C14H26N2O6S/c1-11(2)22-7-8-23(20,21)15-10-13(17)16-5-3-12(4-6-16)9-14(18)19/h11-12,15H,3-10H2,1-2H3,(H,18,19). The van der Waals surface area contributed by atoms with Gasteiger partial charge in [0.25, 0.3) is 0 Å². The number of hydrogen-bond acceptors (Lipinski definition) is 5. The van der Waals surface area contributed by atoms with Crippen molar-refractivity contribution in [1.29, 1.82) is 0 Å². The lowest BCUT2D eigenvalue weighted by Gasteiger charge is -2.31. The molecule has 1 fully saturated rings. The zero-order valence-electron chi connectivity index (χ0n) is 13.7. The summed E-state index contributed by atoms with van der Waals surface area (Å²) in [5.41, 5.74) is 0. The number of carbonyl (C=O) groups excluding carboxylic acids is 1. The van der Waals surface area contributed by atoms with E-state index in [4.69, 9.17) is 9.84 Å². The lowest BCUT2D eigenvalue weighted by molar-refractivity contribution is -0.138. The Kier molecular flexibility index (Phi) is 7.93. The summed E-state index contributed by atoms with van der Waals surface area (Å²) in [6, 6.07) is 0. The molecular weight excluding hydrogens is 324 g/mol. The van der Waals surface area contributed by atoms with Crippen molar-refractivity contribution in [1.82, 2.24) is 9.62 Å². The summed E-state index contributed by atoms with van der Waals surface area (Å²) in [7, 11) is -3.54. The van der Waals surface area contributed by atoms with Crippen LogP contribution in [0.25, 0.3) is 0 Å². The quantitative estimate of drug-likeness (QED) is 0.607. The van der Waals surface area contributed by atoms with Crippen molar-refractivity contribution in [2.24, 2.45) is 5.92 Å². The largest absolute Gasteiger partial charge is 0.481 e. The van der Waals surface area contributed by atoms with Crippen molar-refractivity contribution in [3.63, 3.8) is 0 Å². The molecule has 0 aromatic carbocycles. The number of rotatable bonds is 9. The van der Waals surface area contributed by atoms with Gasteiger partial charge in [-0.15, -0.1) is 0 Å². The van der Waals surface area contributed by atoms with Crippen LogP contribution < -0.4 is 4.72 Å². The van der Waals surface area contributed by atoms with Crippen LogP contribution in [-0.2, 0) is 24.3 Å². The van der Waals surface area contributed by atoms with Crippen LogP contribution in [0.2, 0.25) is 0 Å². The van der Waals surface area contributed by atoms with E-state index in [1.165, 1.54) is 0 Å². The summed E-state index contributed by atoms with van der Waals surface area (Å²) >= 11 is 0. The van der Waals surface area contributed by atoms with Crippen LogP contribution in [0.15, 0.2) is 0 Å². The first-order valence-electron chi connectivity index (χ1n) is 7.78. The van der Waals surface area contributed by atoms with Gasteiger partial charge in [0.15, 0.2) is 0 Å². The maximum absolute atomic E-state index is 12.0. The number of ether oxygens (including phenoxy) is 1. The normalized spacial score (nSPS) is 16.7. The highest BCUT2D eigenvalue weighted by Gasteiger charge is 2.25. The second-order valence-corrected chi connectivity index (χ2v) is 7.91. The highest BCUT2D eigenvalue weighted by molar-refractivity contribution is 7.89. The predicted octanol–water partition coefficient (Wildman–Crippen LogP) is 0.0441. The Morgan fingerprint density at radius 2 is 1.91 bits per heavy atom. The summed E-state index contributed by atoms with van der Waals surface area (Å²) in [5.74, 6) is -1.21. The number of hydrogen-bond donors (Lipinski definition) is 2. The predicted molar refractivity (Wildman–Crippen MR) is 84.4 cm³/mol. The van der Waals surface area contributed by atoms with Crippen LogP contribution in [0.5, 0.6) is 0 Å². The van der Waals surface area contributed by atoms with Crippen LogP contribution in [0.4, 0.5) is 0 Å². The third kappa shape index (κ3) is 8.29. The SMILES string of the molecule is CC(C)OCCS(=O)(=O)NCC(=O)N1CCC(CC(=O)O)CC1. The average Bonchev–Trinajstić information content (AvgIpc) is 2.44. The second-order valence-electron chi connectivity index (χ2n) is 5.98. The van der Waals surface area contributed by atoms with E-state index in [2.05, 4.69) is 4.72 Å². The van der Waals surface area contributed by atoms with Gasteiger partial charge in [-0.2, -0.15) is 0 Å². The van der Waals surface area contributed by atoms with Gasteiger partial charge >= 0.3 is 5.97 Å². The summed E-state index contributed by atoms with van der Waals surface area (Å²) in [6.45, 7) is 4.38. The van der Waals surface area contributed by atoms with Gasteiger partial charge in [0.1, 0.15) is 0 Å². The molecule has 1 aliphatic rings. The average molecular weight is 350 g/mol. The number of piperidine rings is 1. The van der Waals surface area contributed by atoms with Crippen molar-refractivity contribution in [3.05, 3.63) is 0 Å². The van der Waals surface area contributed by atoms with E-state index in [9.17, 15) is 18.0 Å². The molecule has 0 unspecified atom stereocenters.